The van der Waals surface area contributed by atoms with Gasteiger partial charge in [-0.3, -0.25) is 4.79 Å². The zero-order valence-corrected chi connectivity index (χ0v) is 13.3. The molecule has 0 aliphatic heterocycles. The van der Waals surface area contributed by atoms with E-state index < -0.39 is 0 Å². The van der Waals surface area contributed by atoms with Crippen LogP contribution < -0.4 is 10.1 Å². The highest BCUT2D eigenvalue weighted by Crippen LogP contribution is 2.33. The van der Waals surface area contributed by atoms with Crippen molar-refractivity contribution in [3.8, 4) is 5.75 Å². The summed E-state index contributed by atoms with van der Waals surface area (Å²) in [7, 11) is 0. The topological polar surface area (TPSA) is 81.9 Å². The summed E-state index contributed by atoms with van der Waals surface area (Å²) in [6.07, 6.45) is 1.11. The molecular formula is C14H18ClN5O2. The van der Waals surface area contributed by atoms with Gasteiger partial charge in [0.1, 0.15) is 5.82 Å². The Kier molecular flexibility index (Phi) is 5.71. The molecule has 0 radical (unpaired) electrons. The van der Waals surface area contributed by atoms with E-state index in [0.717, 1.165) is 6.42 Å². The summed E-state index contributed by atoms with van der Waals surface area (Å²) in [5, 5.41) is 14.4. The number of para-hydroxylation sites is 1. The number of tetrazole rings is 1. The maximum atomic E-state index is 12.1. The first-order chi connectivity index (χ1) is 10.6. The van der Waals surface area contributed by atoms with Crippen LogP contribution in [-0.2, 0) is 11.3 Å². The number of nitrogens with zero attached hydrogens (tertiary/aromatic N) is 4. The largest absolute Gasteiger partial charge is 0.490 e. The molecule has 0 atom stereocenters. The van der Waals surface area contributed by atoms with Gasteiger partial charge in [-0.1, -0.05) is 24.6 Å². The highest BCUT2D eigenvalue weighted by Gasteiger charge is 2.12. The maximum absolute atomic E-state index is 12.1. The van der Waals surface area contributed by atoms with Gasteiger partial charge in [-0.05, 0) is 35.9 Å². The average molecular weight is 324 g/mol. The number of nitrogens with one attached hydrogen (secondary N) is 1. The molecule has 0 spiro atoms. The van der Waals surface area contributed by atoms with Crippen LogP contribution in [0.15, 0.2) is 18.2 Å². The van der Waals surface area contributed by atoms with E-state index in [0.29, 0.717) is 35.4 Å². The van der Waals surface area contributed by atoms with Crippen LogP contribution in [0.5, 0.6) is 5.75 Å². The second-order valence-corrected chi connectivity index (χ2v) is 5.12. The van der Waals surface area contributed by atoms with Crippen LogP contribution in [0.3, 0.4) is 0 Å². The van der Waals surface area contributed by atoms with Gasteiger partial charge in [-0.2, -0.15) is 0 Å². The van der Waals surface area contributed by atoms with E-state index in [-0.39, 0.29) is 12.3 Å². The third kappa shape index (κ3) is 4.17. The third-order valence-corrected chi connectivity index (χ3v) is 3.25. The average Bonchev–Trinajstić information content (AvgIpc) is 2.90. The minimum absolute atomic E-state index is 0.154. The Morgan fingerprint density at radius 3 is 2.95 bits per heavy atom. The van der Waals surface area contributed by atoms with Crippen LogP contribution >= 0.6 is 11.6 Å². The molecule has 0 saturated heterocycles. The van der Waals surface area contributed by atoms with Crippen LogP contribution in [-0.4, -0.2) is 32.7 Å². The Hall–Kier alpha value is -2.15. The number of aryl methyl sites for hydroxylation is 2. The lowest BCUT2D eigenvalue weighted by atomic mass is 10.2. The summed E-state index contributed by atoms with van der Waals surface area (Å²) in [5.74, 6) is 1.01. The van der Waals surface area contributed by atoms with Crippen molar-refractivity contribution >= 4 is 23.2 Å². The van der Waals surface area contributed by atoms with Crippen LogP contribution in [0.1, 0.15) is 25.6 Å². The van der Waals surface area contributed by atoms with Crippen LogP contribution in [0, 0.1) is 6.92 Å². The molecule has 1 N–H and O–H groups in total. The lowest BCUT2D eigenvalue weighted by Gasteiger charge is -2.13. The predicted molar refractivity (Wildman–Crippen MR) is 83.0 cm³/mol. The first-order valence-corrected chi connectivity index (χ1v) is 7.43. The van der Waals surface area contributed by atoms with Gasteiger partial charge in [0.2, 0.25) is 5.91 Å². The lowest BCUT2D eigenvalue weighted by Crippen LogP contribution is -2.16. The normalized spacial score (nSPS) is 10.5. The Labute approximate surface area is 133 Å². The number of anilines is 1. The first kappa shape index (κ1) is 16.2. The Bertz CT molecular complexity index is 644. The summed E-state index contributed by atoms with van der Waals surface area (Å²) in [4.78, 5) is 12.1. The van der Waals surface area contributed by atoms with E-state index in [1.54, 1.807) is 29.8 Å². The van der Waals surface area contributed by atoms with Crippen molar-refractivity contribution in [2.75, 3.05) is 11.9 Å². The Morgan fingerprint density at radius 1 is 1.45 bits per heavy atom. The van der Waals surface area contributed by atoms with Gasteiger partial charge in [0.05, 0.1) is 23.9 Å². The number of hydrogen-bond donors (Lipinski definition) is 1. The Morgan fingerprint density at radius 2 is 2.27 bits per heavy atom. The van der Waals surface area contributed by atoms with Gasteiger partial charge >= 0.3 is 0 Å². The predicted octanol–water partition coefficient (Wildman–Crippen LogP) is 2.45. The minimum Gasteiger partial charge on any atom is -0.490 e. The molecule has 1 aromatic heterocycles. The van der Waals surface area contributed by atoms with Crippen molar-refractivity contribution < 1.29 is 9.53 Å². The number of rotatable bonds is 7. The second kappa shape index (κ2) is 7.74. The minimum atomic E-state index is -0.154. The van der Waals surface area contributed by atoms with Crippen LogP contribution in [0.25, 0.3) is 0 Å². The van der Waals surface area contributed by atoms with Gasteiger partial charge in [0.15, 0.2) is 5.75 Å². The van der Waals surface area contributed by atoms with Gasteiger partial charge in [-0.15, -0.1) is 5.10 Å². The molecule has 118 valence electrons. The van der Waals surface area contributed by atoms with Crippen molar-refractivity contribution in [3.63, 3.8) is 0 Å². The zero-order chi connectivity index (χ0) is 15.9. The SMILES string of the molecule is CCCOc1c(Cl)cccc1NC(=O)CCn1nnnc1C. The smallest absolute Gasteiger partial charge is 0.226 e. The van der Waals surface area contributed by atoms with Crippen LogP contribution in [0.2, 0.25) is 5.02 Å². The molecule has 7 nitrogen and oxygen atoms in total. The maximum Gasteiger partial charge on any atom is 0.226 e. The third-order valence-electron chi connectivity index (χ3n) is 2.95. The van der Waals surface area contributed by atoms with E-state index in [4.69, 9.17) is 16.3 Å². The van der Waals surface area contributed by atoms with Crippen molar-refractivity contribution in [2.45, 2.75) is 33.2 Å². The lowest BCUT2D eigenvalue weighted by molar-refractivity contribution is -0.116. The molecule has 0 bridgehead atoms. The molecule has 0 saturated carbocycles. The van der Waals surface area contributed by atoms with Gasteiger partial charge in [-0.25, -0.2) is 4.68 Å². The van der Waals surface area contributed by atoms with Gasteiger partial charge in [0, 0.05) is 6.42 Å². The fourth-order valence-electron chi connectivity index (χ4n) is 1.83. The van der Waals surface area contributed by atoms with Crippen LogP contribution in [0.4, 0.5) is 5.69 Å². The molecule has 1 heterocycles. The summed E-state index contributed by atoms with van der Waals surface area (Å²) in [6, 6.07) is 5.26. The fraction of sp³-hybridized carbons (Fsp3) is 0.429. The molecule has 0 aliphatic carbocycles. The number of hydrogen-bond acceptors (Lipinski definition) is 5. The molecular weight excluding hydrogens is 306 g/mol. The van der Waals surface area contributed by atoms with Crippen molar-refractivity contribution in [3.05, 3.63) is 29.0 Å². The highest BCUT2D eigenvalue weighted by atomic mass is 35.5. The molecule has 1 aromatic carbocycles. The number of aromatic nitrogens is 4. The van der Waals surface area contributed by atoms with Crippen molar-refractivity contribution in [2.24, 2.45) is 0 Å². The summed E-state index contributed by atoms with van der Waals surface area (Å²) in [5.41, 5.74) is 0.569. The number of benzene rings is 1. The number of carbonyl (C=O) groups is 1. The molecule has 1 amide bonds. The second-order valence-electron chi connectivity index (χ2n) is 4.71. The van der Waals surface area contributed by atoms with E-state index in [2.05, 4.69) is 20.8 Å². The summed E-state index contributed by atoms with van der Waals surface area (Å²) in [6.45, 7) is 4.74. The molecule has 0 fully saturated rings. The Balaban J connectivity index is 1.99. The van der Waals surface area contributed by atoms with E-state index in [9.17, 15) is 4.79 Å². The summed E-state index contributed by atoms with van der Waals surface area (Å²) >= 11 is 6.12. The molecule has 2 aromatic rings. The van der Waals surface area contributed by atoms with Crippen molar-refractivity contribution in [1.82, 2.24) is 20.2 Å². The van der Waals surface area contributed by atoms with E-state index in [1.165, 1.54) is 0 Å². The van der Waals surface area contributed by atoms with Crippen molar-refractivity contribution in [1.29, 1.82) is 0 Å². The number of halogens is 1. The molecule has 8 heteroatoms. The first-order valence-electron chi connectivity index (χ1n) is 7.05. The highest BCUT2D eigenvalue weighted by molar-refractivity contribution is 6.32. The number of carbonyl (C=O) groups excluding carboxylic acids is 1. The molecule has 22 heavy (non-hydrogen) atoms. The molecule has 2 rings (SSSR count). The molecule has 0 aliphatic rings. The summed E-state index contributed by atoms with van der Waals surface area (Å²) < 4.78 is 7.18. The van der Waals surface area contributed by atoms with Gasteiger partial charge in [0.25, 0.3) is 0 Å². The number of ether oxygens (including phenoxy) is 1. The van der Waals surface area contributed by atoms with E-state index >= 15 is 0 Å². The zero-order valence-electron chi connectivity index (χ0n) is 12.5. The number of amides is 1. The van der Waals surface area contributed by atoms with E-state index in [1.807, 2.05) is 6.92 Å². The van der Waals surface area contributed by atoms with Gasteiger partial charge < -0.3 is 10.1 Å². The molecule has 0 unspecified atom stereocenters. The quantitative estimate of drug-likeness (QED) is 0.846. The monoisotopic (exact) mass is 323 g/mol. The fourth-order valence-corrected chi connectivity index (χ4v) is 2.06. The standard InChI is InChI=1S/C14H18ClN5O2/c1-3-9-22-14-11(15)5-4-6-12(14)16-13(21)7-8-20-10(2)17-18-19-20/h4-6H,3,7-9H2,1-2H3,(H,16,21).